The van der Waals surface area contributed by atoms with Crippen molar-refractivity contribution in [3.63, 3.8) is 0 Å². The van der Waals surface area contributed by atoms with Crippen LogP contribution < -0.4 is 5.32 Å². The highest BCUT2D eigenvalue weighted by Gasteiger charge is 2.14. The molecule has 0 aliphatic carbocycles. The highest BCUT2D eigenvalue weighted by atomic mass is 16.5. The zero-order valence-corrected chi connectivity index (χ0v) is 9.88. The molecule has 1 rings (SSSR count). The summed E-state index contributed by atoms with van der Waals surface area (Å²) in [6, 6.07) is 2.27. The zero-order chi connectivity index (χ0) is 11.1. The fourth-order valence-corrected chi connectivity index (χ4v) is 1.57. The van der Waals surface area contributed by atoms with Crippen LogP contribution >= 0.6 is 0 Å². The molecule has 0 aliphatic rings. The summed E-state index contributed by atoms with van der Waals surface area (Å²) < 4.78 is 10.8. The lowest BCUT2D eigenvalue weighted by atomic mass is 10.1. The Labute approximate surface area is 91.8 Å². The van der Waals surface area contributed by atoms with Gasteiger partial charge in [0.1, 0.15) is 5.76 Å². The molecule has 1 N–H and O–H groups in total. The summed E-state index contributed by atoms with van der Waals surface area (Å²) in [4.78, 5) is 0. The van der Waals surface area contributed by atoms with Gasteiger partial charge in [-0.1, -0.05) is 6.92 Å². The molecule has 15 heavy (non-hydrogen) atoms. The number of rotatable bonds is 7. The van der Waals surface area contributed by atoms with E-state index in [1.54, 1.807) is 6.26 Å². The summed E-state index contributed by atoms with van der Waals surface area (Å²) in [5.41, 5.74) is 1.21. The summed E-state index contributed by atoms with van der Waals surface area (Å²) in [5.74, 6) is 0.975. The van der Waals surface area contributed by atoms with Gasteiger partial charge in [0.15, 0.2) is 0 Å². The van der Waals surface area contributed by atoms with Crippen molar-refractivity contribution in [2.75, 3.05) is 19.8 Å². The highest BCUT2D eigenvalue weighted by molar-refractivity contribution is 5.20. The van der Waals surface area contributed by atoms with Crippen LogP contribution in [0.4, 0.5) is 0 Å². The molecule has 0 aliphatic heterocycles. The van der Waals surface area contributed by atoms with Gasteiger partial charge >= 0.3 is 0 Å². The van der Waals surface area contributed by atoms with Crippen molar-refractivity contribution in [2.45, 2.75) is 33.2 Å². The molecule has 3 heteroatoms. The highest BCUT2D eigenvalue weighted by Crippen LogP contribution is 2.18. The average Bonchev–Trinajstić information content (AvgIpc) is 2.65. The molecule has 3 nitrogen and oxygen atoms in total. The molecule has 1 aromatic rings. The van der Waals surface area contributed by atoms with E-state index in [0.29, 0.717) is 6.61 Å². The van der Waals surface area contributed by atoms with Crippen molar-refractivity contribution in [2.24, 2.45) is 0 Å². The Balaban J connectivity index is 2.58. The third kappa shape index (κ3) is 3.68. The van der Waals surface area contributed by atoms with Crippen molar-refractivity contribution < 1.29 is 9.15 Å². The monoisotopic (exact) mass is 211 g/mol. The van der Waals surface area contributed by atoms with E-state index >= 15 is 0 Å². The molecule has 1 heterocycles. The summed E-state index contributed by atoms with van der Waals surface area (Å²) in [6.07, 6.45) is 2.86. The first-order valence-electron chi connectivity index (χ1n) is 5.64. The van der Waals surface area contributed by atoms with E-state index in [2.05, 4.69) is 12.2 Å². The van der Waals surface area contributed by atoms with Gasteiger partial charge in [-0.2, -0.15) is 0 Å². The van der Waals surface area contributed by atoms with Gasteiger partial charge in [-0.05, 0) is 32.9 Å². The first-order chi connectivity index (χ1) is 7.29. The van der Waals surface area contributed by atoms with Crippen molar-refractivity contribution in [3.8, 4) is 0 Å². The Kier molecular flexibility index (Phi) is 5.43. The van der Waals surface area contributed by atoms with Crippen LogP contribution in [-0.2, 0) is 4.74 Å². The molecular weight excluding hydrogens is 190 g/mol. The van der Waals surface area contributed by atoms with Crippen LogP contribution in [0, 0.1) is 6.92 Å². The van der Waals surface area contributed by atoms with E-state index in [0.717, 1.165) is 25.3 Å². The minimum atomic E-state index is 0.253. The second-order valence-corrected chi connectivity index (χ2v) is 3.60. The minimum Gasteiger partial charge on any atom is -0.469 e. The lowest BCUT2D eigenvalue weighted by Gasteiger charge is -2.17. The van der Waals surface area contributed by atoms with Crippen molar-refractivity contribution >= 4 is 0 Å². The Morgan fingerprint density at radius 3 is 2.80 bits per heavy atom. The molecule has 1 atom stereocenters. The Hall–Kier alpha value is -0.800. The molecule has 0 spiro atoms. The number of hydrogen-bond donors (Lipinski definition) is 1. The number of nitrogens with one attached hydrogen (secondary N) is 1. The molecule has 1 aromatic heterocycles. The molecule has 1 unspecified atom stereocenters. The van der Waals surface area contributed by atoms with Crippen LogP contribution in [0.3, 0.4) is 0 Å². The largest absolute Gasteiger partial charge is 0.469 e. The van der Waals surface area contributed by atoms with Gasteiger partial charge in [0, 0.05) is 12.2 Å². The average molecular weight is 211 g/mol. The predicted molar refractivity (Wildman–Crippen MR) is 61.0 cm³/mol. The van der Waals surface area contributed by atoms with Crippen molar-refractivity contribution in [1.29, 1.82) is 0 Å². The topological polar surface area (TPSA) is 34.4 Å². The van der Waals surface area contributed by atoms with Crippen LogP contribution in [0.5, 0.6) is 0 Å². The predicted octanol–water partition coefficient (Wildman–Crippen LogP) is 2.67. The fraction of sp³-hybridized carbons (Fsp3) is 0.667. The molecule has 0 saturated carbocycles. The Morgan fingerprint density at radius 2 is 2.27 bits per heavy atom. The number of ether oxygens (including phenoxy) is 1. The maximum absolute atomic E-state index is 5.47. The van der Waals surface area contributed by atoms with Gasteiger partial charge in [0.25, 0.3) is 0 Å². The van der Waals surface area contributed by atoms with E-state index in [1.807, 2.05) is 19.9 Å². The molecule has 0 bridgehead atoms. The van der Waals surface area contributed by atoms with Gasteiger partial charge in [0.2, 0.25) is 0 Å². The van der Waals surface area contributed by atoms with Crippen LogP contribution in [0.1, 0.15) is 37.6 Å². The quantitative estimate of drug-likeness (QED) is 0.753. The first kappa shape index (κ1) is 12.3. The third-order valence-corrected chi connectivity index (χ3v) is 2.40. The van der Waals surface area contributed by atoms with Gasteiger partial charge in [-0.3, -0.25) is 0 Å². The van der Waals surface area contributed by atoms with Crippen LogP contribution in [0.25, 0.3) is 0 Å². The van der Waals surface area contributed by atoms with Crippen molar-refractivity contribution in [3.05, 3.63) is 23.7 Å². The second kappa shape index (κ2) is 6.64. The molecule has 0 saturated heterocycles. The summed E-state index contributed by atoms with van der Waals surface area (Å²) in [5, 5.41) is 3.46. The molecule has 0 fully saturated rings. The molecule has 86 valence electrons. The summed E-state index contributed by atoms with van der Waals surface area (Å²) in [7, 11) is 0. The minimum absolute atomic E-state index is 0.253. The fourth-order valence-electron chi connectivity index (χ4n) is 1.57. The maximum atomic E-state index is 5.47. The lowest BCUT2D eigenvalue weighted by Crippen LogP contribution is -2.26. The van der Waals surface area contributed by atoms with Crippen molar-refractivity contribution in [1.82, 2.24) is 5.32 Å². The van der Waals surface area contributed by atoms with E-state index in [1.165, 1.54) is 5.56 Å². The number of furan rings is 1. The van der Waals surface area contributed by atoms with E-state index in [9.17, 15) is 0 Å². The van der Waals surface area contributed by atoms with Gasteiger partial charge in [0.05, 0.1) is 18.9 Å². The molecular formula is C12H21NO2. The lowest BCUT2D eigenvalue weighted by molar-refractivity contribution is 0.122. The van der Waals surface area contributed by atoms with E-state index in [-0.39, 0.29) is 6.04 Å². The Morgan fingerprint density at radius 1 is 1.47 bits per heavy atom. The summed E-state index contributed by atoms with van der Waals surface area (Å²) in [6.45, 7) is 8.62. The van der Waals surface area contributed by atoms with Crippen LogP contribution in [-0.4, -0.2) is 19.8 Å². The summed E-state index contributed by atoms with van der Waals surface area (Å²) >= 11 is 0. The van der Waals surface area contributed by atoms with E-state index < -0.39 is 0 Å². The Bertz CT molecular complexity index is 262. The van der Waals surface area contributed by atoms with Gasteiger partial charge < -0.3 is 14.5 Å². The van der Waals surface area contributed by atoms with E-state index in [4.69, 9.17) is 9.15 Å². The number of hydrogen-bond acceptors (Lipinski definition) is 3. The standard InChI is InChI=1S/C12H21NO2/c1-4-7-13-12(9-14-5-2)11-6-8-15-10(11)3/h6,8,12-13H,4-5,7,9H2,1-3H3. The van der Waals surface area contributed by atoms with Gasteiger partial charge in [-0.15, -0.1) is 0 Å². The second-order valence-electron chi connectivity index (χ2n) is 3.60. The number of aryl methyl sites for hydroxylation is 1. The van der Waals surface area contributed by atoms with Gasteiger partial charge in [-0.25, -0.2) is 0 Å². The molecule has 0 aromatic carbocycles. The third-order valence-electron chi connectivity index (χ3n) is 2.40. The van der Waals surface area contributed by atoms with Crippen LogP contribution in [0.15, 0.2) is 16.7 Å². The zero-order valence-electron chi connectivity index (χ0n) is 9.88. The first-order valence-corrected chi connectivity index (χ1v) is 5.64. The van der Waals surface area contributed by atoms with Crippen LogP contribution in [0.2, 0.25) is 0 Å². The molecule has 0 amide bonds. The SMILES string of the molecule is CCCNC(COCC)c1ccoc1C. The maximum Gasteiger partial charge on any atom is 0.105 e. The molecule has 0 radical (unpaired) electrons. The smallest absolute Gasteiger partial charge is 0.105 e. The normalized spacial score (nSPS) is 13.0.